The molecule has 0 aliphatic heterocycles. The summed E-state index contributed by atoms with van der Waals surface area (Å²) in [5.41, 5.74) is 0. The fourth-order valence-electron chi connectivity index (χ4n) is 1.12. The molecule has 0 saturated heterocycles. The molecule has 1 nitrogen and oxygen atoms in total. The average molecular weight is 182 g/mol. The van der Waals surface area contributed by atoms with E-state index in [0.717, 1.165) is 19.3 Å². The topological polar surface area (TPSA) is 20.2 Å². The van der Waals surface area contributed by atoms with Crippen LogP contribution >= 0.6 is 0 Å². The molecule has 1 N–H and O–H groups in total. The van der Waals surface area contributed by atoms with Crippen LogP contribution in [0.15, 0.2) is 24.3 Å². The number of hydrogen-bond acceptors (Lipinski definition) is 1. The third-order valence-electron chi connectivity index (χ3n) is 1.90. The van der Waals surface area contributed by atoms with Gasteiger partial charge in [-0.1, -0.05) is 44.1 Å². The summed E-state index contributed by atoms with van der Waals surface area (Å²) in [7, 11) is 0. The lowest BCUT2D eigenvalue weighted by Gasteiger charge is -1.94. The van der Waals surface area contributed by atoms with Gasteiger partial charge in [0.2, 0.25) is 0 Å². The fraction of sp³-hybridized carbons (Fsp3) is 0.667. The van der Waals surface area contributed by atoms with E-state index in [-0.39, 0.29) is 0 Å². The first-order valence-corrected chi connectivity index (χ1v) is 5.34. The zero-order chi connectivity index (χ0) is 9.78. The van der Waals surface area contributed by atoms with Gasteiger partial charge in [-0.3, -0.25) is 0 Å². The second-order valence-corrected chi connectivity index (χ2v) is 3.19. The van der Waals surface area contributed by atoms with E-state index < -0.39 is 0 Å². The molecule has 0 bridgehead atoms. The van der Waals surface area contributed by atoms with Crippen LogP contribution in [-0.2, 0) is 0 Å². The number of aliphatic hydroxyl groups excluding tert-OH is 1. The Kier molecular flexibility index (Phi) is 10.9. The molecule has 13 heavy (non-hydrogen) atoms. The van der Waals surface area contributed by atoms with Crippen molar-refractivity contribution in [1.29, 1.82) is 0 Å². The van der Waals surface area contributed by atoms with Crippen molar-refractivity contribution >= 4 is 0 Å². The van der Waals surface area contributed by atoms with Gasteiger partial charge in [0.1, 0.15) is 0 Å². The van der Waals surface area contributed by atoms with Gasteiger partial charge >= 0.3 is 0 Å². The molecule has 0 heterocycles. The Morgan fingerprint density at radius 2 is 1.62 bits per heavy atom. The van der Waals surface area contributed by atoms with Gasteiger partial charge in [0, 0.05) is 6.61 Å². The van der Waals surface area contributed by atoms with Crippen molar-refractivity contribution in [2.45, 2.75) is 45.4 Å². The van der Waals surface area contributed by atoms with Crippen LogP contribution in [0.2, 0.25) is 0 Å². The molecule has 0 aromatic heterocycles. The summed E-state index contributed by atoms with van der Waals surface area (Å²) in [6, 6.07) is 0. The summed E-state index contributed by atoms with van der Waals surface area (Å²) in [6.45, 7) is 2.48. The Bertz CT molecular complexity index is 136. The highest BCUT2D eigenvalue weighted by Gasteiger charge is 1.85. The van der Waals surface area contributed by atoms with E-state index in [1.807, 2.05) is 0 Å². The van der Waals surface area contributed by atoms with E-state index in [1.54, 1.807) is 0 Å². The second kappa shape index (κ2) is 11.4. The van der Waals surface area contributed by atoms with Crippen molar-refractivity contribution in [2.24, 2.45) is 0 Å². The van der Waals surface area contributed by atoms with E-state index in [9.17, 15) is 0 Å². The first-order chi connectivity index (χ1) is 6.41. The lowest BCUT2D eigenvalue weighted by atomic mass is 10.1. The molecule has 0 amide bonds. The number of hydrogen-bond donors (Lipinski definition) is 1. The summed E-state index contributed by atoms with van der Waals surface area (Å²) < 4.78 is 0. The highest BCUT2D eigenvalue weighted by atomic mass is 16.2. The van der Waals surface area contributed by atoms with Gasteiger partial charge in [0.25, 0.3) is 0 Å². The summed E-state index contributed by atoms with van der Waals surface area (Å²) in [6.07, 6.45) is 15.5. The minimum Gasteiger partial charge on any atom is -0.396 e. The molecule has 0 aliphatic rings. The van der Waals surface area contributed by atoms with Crippen molar-refractivity contribution in [1.82, 2.24) is 0 Å². The highest BCUT2D eigenvalue weighted by molar-refractivity contribution is 5.01. The average Bonchev–Trinajstić information content (AvgIpc) is 2.16. The monoisotopic (exact) mass is 182 g/mol. The highest BCUT2D eigenvalue weighted by Crippen LogP contribution is 2.02. The minimum atomic E-state index is 0.342. The Morgan fingerprint density at radius 1 is 0.923 bits per heavy atom. The molecule has 0 aromatic rings. The van der Waals surface area contributed by atoms with Gasteiger partial charge in [0.05, 0.1) is 0 Å². The predicted octanol–water partition coefficient (Wildman–Crippen LogP) is 3.45. The third kappa shape index (κ3) is 11.4. The molecule has 76 valence electrons. The maximum atomic E-state index is 8.54. The van der Waals surface area contributed by atoms with Crippen LogP contribution in [0.5, 0.6) is 0 Å². The molecule has 1 heteroatoms. The van der Waals surface area contributed by atoms with Crippen LogP contribution in [0, 0.1) is 0 Å². The van der Waals surface area contributed by atoms with E-state index in [0.29, 0.717) is 6.61 Å². The van der Waals surface area contributed by atoms with Gasteiger partial charge in [-0.2, -0.15) is 0 Å². The predicted molar refractivity (Wildman–Crippen MR) is 58.7 cm³/mol. The summed E-state index contributed by atoms with van der Waals surface area (Å²) in [4.78, 5) is 0. The third-order valence-corrected chi connectivity index (χ3v) is 1.90. The number of rotatable bonds is 8. The van der Waals surface area contributed by atoms with E-state index >= 15 is 0 Å². The zero-order valence-electron chi connectivity index (χ0n) is 8.71. The maximum Gasteiger partial charge on any atom is 0.0431 e. The van der Waals surface area contributed by atoms with Crippen LogP contribution in [0.4, 0.5) is 0 Å². The second-order valence-electron chi connectivity index (χ2n) is 3.19. The first kappa shape index (κ1) is 12.4. The van der Waals surface area contributed by atoms with Crippen molar-refractivity contribution in [3.8, 4) is 0 Å². The van der Waals surface area contributed by atoms with Gasteiger partial charge in [-0.05, 0) is 25.7 Å². The molecule has 0 fully saturated rings. The smallest absolute Gasteiger partial charge is 0.0431 e. The molecular weight excluding hydrogens is 160 g/mol. The largest absolute Gasteiger partial charge is 0.396 e. The van der Waals surface area contributed by atoms with Crippen LogP contribution in [0.25, 0.3) is 0 Å². The quantitative estimate of drug-likeness (QED) is 0.450. The molecule has 0 rings (SSSR count). The molecule has 0 unspecified atom stereocenters. The van der Waals surface area contributed by atoms with Crippen LogP contribution < -0.4 is 0 Å². The van der Waals surface area contributed by atoms with Gasteiger partial charge in [-0.25, -0.2) is 0 Å². The number of allylic oxidation sites excluding steroid dienone is 4. The molecule has 0 saturated carbocycles. The SMILES string of the molecule is CC/C=C\C=CCCCCCCO. The Labute approximate surface area is 82.2 Å². The molecule has 0 atom stereocenters. The molecule has 0 aromatic carbocycles. The maximum absolute atomic E-state index is 8.54. The first-order valence-electron chi connectivity index (χ1n) is 5.34. The number of aliphatic hydroxyl groups is 1. The Balaban J connectivity index is 3.06. The van der Waals surface area contributed by atoms with E-state index in [4.69, 9.17) is 5.11 Å². The van der Waals surface area contributed by atoms with Crippen molar-refractivity contribution in [3.63, 3.8) is 0 Å². The van der Waals surface area contributed by atoms with Crippen LogP contribution in [0.3, 0.4) is 0 Å². The standard InChI is InChI=1S/C12H22O/c1-2-3-4-5-6-7-8-9-10-11-12-13/h3-6,13H,2,7-12H2,1H3/b4-3-,6-5?. The van der Waals surface area contributed by atoms with E-state index in [1.165, 1.54) is 19.3 Å². The van der Waals surface area contributed by atoms with Crippen LogP contribution in [0.1, 0.15) is 45.4 Å². The summed E-state index contributed by atoms with van der Waals surface area (Å²) in [5.74, 6) is 0. The van der Waals surface area contributed by atoms with Crippen molar-refractivity contribution in [2.75, 3.05) is 6.61 Å². The van der Waals surface area contributed by atoms with Gasteiger partial charge in [-0.15, -0.1) is 0 Å². The molecule has 0 radical (unpaired) electrons. The summed E-state index contributed by atoms with van der Waals surface area (Å²) in [5, 5.41) is 8.54. The minimum absolute atomic E-state index is 0.342. The molecule has 0 aliphatic carbocycles. The van der Waals surface area contributed by atoms with Crippen molar-refractivity contribution in [3.05, 3.63) is 24.3 Å². The van der Waals surface area contributed by atoms with Crippen LogP contribution in [-0.4, -0.2) is 11.7 Å². The van der Waals surface area contributed by atoms with Gasteiger partial charge in [0.15, 0.2) is 0 Å². The fourth-order valence-corrected chi connectivity index (χ4v) is 1.12. The molecular formula is C12H22O. The Hall–Kier alpha value is -0.560. The lowest BCUT2D eigenvalue weighted by Crippen LogP contribution is -1.82. The molecule has 0 spiro atoms. The summed E-state index contributed by atoms with van der Waals surface area (Å²) >= 11 is 0. The number of unbranched alkanes of at least 4 members (excludes halogenated alkanes) is 4. The van der Waals surface area contributed by atoms with E-state index in [2.05, 4.69) is 31.2 Å². The normalized spacial score (nSPS) is 11.8. The van der Waals surface area contributed by atoms with Crippen molar-refractivity contribution < 1.29 is 5.11 Å². The van der Waals surface area contributed by atoms with Gasteiger partial charge < -0.3 is 5.11 Å². The Morgan fingerprint density at radius 3 is 2.31 bits per heavy atom. The lowest BCUT2D eigenvalue weighted by molar-refractivity contribution is 0.282. The zero-order valence-corrected chi connectivity index (χ0v) is 8.71.